The van der Waals surface area contributed by atoms with Crippen molar-refractivity contribution in [1.29, 1.82) is 0 Å². The summed E-state index contributed by atoms with van der Waals surface area (Å²) in [6, 6.07) is 0. The van der Waals surface area contributed by atoms with Gasteiger partial charge in [0.2, 0.25) is 5.91 Å². The summed E-state index contributed by atoms with van der Waals surface area (Å²) in [4.78, 5) is 17.4. The Bertz CT molecular complexity index is 402. The molecule has 2 aliphatic heterocycles. The third-order valence-electron chi connectivity index (χ3n) is 5.98. The van der Waals surface area contributed by atoms with E-state index in [2.05, 4.69) is 44.5 Å². The van der Waals surface area contributed by atoms with Crippen molar-refractivity contribution in [2.24, 2.45) is 17.3 Å². The number of rotatable bonds is 6. The summed E-state index contributed by atoms with van der Waals surface area (Å²) >= 11 is 0. The van der Waals surface area contributed by atoms with Crippen molar-refractivity contribution in [3.63, 3.8) is 0 Å². The smallest absolute Gasteiger partial charge is 0.223 e. The van der Waals surface area contributed by atoms with Crippen LogP contribution in [0, 0.1) is 17.3 Å². The Kier molecular flexibility index (Phi) is 7.11. The lowest BCUT2D eigenvalue weighted by molar-refractivity contribution is -0.140. The molecule has 4 heteroatoms. The molecule has 0 N–H and O–H groups in total. The molecule has 0 radical (unpaired) electrons. The monoisotopic (exact) mass is 338 g/mol. The molecule has 2 fully saturated rings. The summed E-state index contributed by atoms with van der Waals surface area (Å²) < 4.78 is 6.01. The van der Waals surface area contributed by atoms with Gasteiger partial charge in [0.15, 0.2) is 0 Å². The molecule has 0 aromatic carbocycles. The molecule has 0 unspecified atom stereocenters. The summed E-state index contributed by atoms with van der Waals surface area (Å²) in [7, 11) is 2.14. The van der Waals surface area contributed by atoms with Gasteiger partial charge in [-0.15, -0.1) is 0 Å². The van der Waals surface area contributed by atoms with E-state index in [1.807, 2.05) is 0 Å². The molecule has 24 heavy (non-hydrogen) atoms. The van der Waals surface area contributed by atoms with Gasteiger partial charge in [-0.1, -0.05) is 34.1 Å². The molecular formula is C20H38N2O2. The molecule has 140 valence electrons. The fraction of sp³-hybridized carbons (Fsp3) is 0.950. The van der Waals surface area contributed by atoms with Crippen molar-refractivity contribution in [2.75, 3.05) is 39.8 Å². The van der Waals surface area contributed by atoms with Crippen molar-refractivity contribution in [3.05, 3.63) is 0 Å². The minimum Gasteiger partial charge on any atom is -0.378 e. The highest BCUT2D eigenvalue weighted by atomic mass is 16.5. The van der Waals surface area contributed by atoms with Crippen LogP contribution in [0.3, 0.4) is 0 Å². The van der Waals surface area contributed by atoms with Crippen LogP contribution in [0.5, 0.6) is 0 Å². The van der Waals surface area contributed by atoms with Crippen molar-refractivity contribution < 1.29 is 9.53 Å². The number of hydrogen-bond acceptors (Lipinski definition) is 3. The molecule has 0 aromatic rings. The Balaban J connectivity index is 2.03. The van der Waals surface area contributed by atoms with Crippen molar-refractivity contribution in [2.45, 2.75) is 65.9 Å². The van der Waals surface area contributed by atoms with E-state index >= 15 is 0 Å². The summed E-state index contributed by atoms with van der Waals surface area (Å²) in [5.41, 5.74) is 0.151. The van der Waals surface area contributed by atoms with Gasteiger partial charge >= 0.3 is 0 Å². The molecule has 1 amide bonds. The van der Waals surface area contributed by atoms with E-state index in [0.717, 1.165) is 58.5 Å². The number of carbonyl (C=O) groups is 1. The molecule has 0 aliphatic carbocycles. The fourth-order valence-corrected chi connectivity index (χ4v) is 4.00. The Morgan fingerprint density at radius 3 is 2.42 bits per heavy atom. The topological polar surface area (TPSA) is 32.8 Å². The summed E-state index contributed by atoms with van der Waals surface area (Å²) in [6.07, 6.45) is 5.50. The largest absolute Gasteiger partial charge is 0.378 e. The van der Waals surface area contributed by atoms with Crippen LogP contribution in [0.1, 0.15) is 59.8 Å². The first-order chi connectivity index (χ1) is 11.3. The molecule has 0 spiro atoms. The molecule has 4 nitrogen and oxygen atoms in total. The second-order valence-electron chi connectivity index (χ2n) is 8.90. The van der Waals surface area contributed by atoms with E-state index < -0.39 is 0 Å². The molecule has 2 atom stereocenters. The van der Waals surface area contributed by atoms with Gasteiger partial charge in [-0.25, -0.2) is 0 Å². The molecule has 2 aliphatic rings. The van der Waals surface area contributed by atoms with Gasteiger partial charge in [0.1, 0.15) is 0 Å². The third kappa shape index (κ3) is 5.45. The molecule has 2 heterocycles. The standard InChI is InChI=1S/C20H38N2O2/c1-16(2)6-7-20(8-13-24-18(14-20)17(3)4)15-19(23)22-11-9-21(5)10-12-22/h16-18H,6-15H2,1-5H3/t18-,20-/m1/s1. The Labute approximate surface area is 148 Å². The number of nitrogens with zero attached hydrogens (tertiary/aromatic N) is 2. The van der Waals surface area contributed by atoms with Gasteiger partial charge in [-0.3, -0.25) is 4.79 Å². The highest BCUT2D eigenvalue weighted by Gasteiger charge is 2.40. The van der Waals surface area contributed by atoms with Crippen LogP contribution >= 0.6 is 0 Å². The van der Waals surface area contributed by atoms with Crippen LogP contribution < -0.4 is 0 Å². The van der Waals surface area contributed by atoms with Crippen LogP contribution in [0.25, 0.3) is 0 Å². The average molecular weight is 339 g/mol. The number of ether oxygens (including phenoxy) is 1. The van der Waals surface area contributed by atoms with Crippen LogP contribution in [0.15, 0.2) is 0 Å². The normalized spacial score (nSPS) is 29.5. The minimum absolute atomic E-state index is 0.151. The van der Waals surface area contributed by atoms with Crippen LogP contribution in [-0.2, 0) is 9.53 Å². The second-order valence-corrected chi connectivity index (χ2v) is 8.90. The Hall–Kier alpha value is -0.610. The maximum Gasteiger partial charge on any atom is 0.223 e. The molecular weight excluding hydrogens is 300 g/mol. The maximum absolute atomic E-state index is 13.0. The van der Waals surface area contributed by atoms with E-state index in [1.54, 1.807) is 0 Å². The van der Waals surface area contributed by atoms with Gasteiger partial charge in [0, 0.05) is 39.2 Å². The zero-order chi connectivity index (χ0) is 17.7. The highest BCUT2D eigenvalue weighted by molar-refractivity contribution is 5.77. The van der Waals surface area contributed by atoms with E-state index in [4.69, 9.17) is 4.74 Å². The van der Waals surface area contributed by atoms with Gasteiger partial charge in [0.25, 0.3) is 0 Å². The van der Waals surface area contributed by atoms with E-state index in [0.29, 0.717) is 23.8 Å². The lowest BCUT2D eigenvalue weighted by atomic mass is 9.69. The Morgan fingerprint density at radius 1 is 1.17 bits per heavy atom. The van der Waals surface area contributed by atoms with Crippen LogP contribution in [0.4, 0.5) is 0 Å². The van der Waals surface area contributed by atoms with Gasteiger partial charge in [-0.05, 0) is 43.6 Å². The number of likely N-dealkylation sites (N-methyl/N-ethyl adjacent to an activating group) is 1. The van der Waals surface area contributed by atoms with Crippen LogP contribution in [-0.4, -0.2) is 61.6 Å². The van der Waals surface area contributed by atoms with Gasteiger partial charge < -0.3 is 14.5 Å². The van der Waals surface area contributed by atoms with Crippen molar-refractivity contribution in [3.8, 4) is 0 Å². The highest BCUT2D eigenvalue weighted by Crippen LogP contribution is 2.43. The first-order valence-corrected chi connectivity index (χ1v) is 9.89. The predicted molar refractivity (Wildman–Crippen MR) is 99.0 cm³/mol. The molecule has 0 bridgehead atoms. The Morgan fingerprint density at radius 2 is 1.83 bits per heavy atom. The van der Waals surface area contributed by atoms with E-state index in [1.165, 1.54) is 6.42 Å². The third-order valence-corrected chi connectivity index (χ3v) is 5.98. The zero-order valence-electron chi connectivity index (χ0n) is 16.5. The molecule has 0 aromatic heterocycles. The maximum atomic E-state index is 13.0. The zero-order valence-corrected chi connectivity index (χ0v) is 16.5. The molecule has 2 saturated heterocycles. The number of amides is 1. The lowest BCUT2D eigenvalue weighted by Gasteiger charge is -2.44. The summed E-state index contributed by atoms with van der Waals surface area (Å²) in [5, 5.41) is 0. The number of hydrogen-bond donors (Lipinski definition) is 0. The second kappa shape index (κ2) is 8.66. The number of carbonyl (C=O) groups excluding carboxylic acids is 1. The van der Waals surface area contributed by atoms with Crippen LogP contribution in [0.2, 0.25) is 0 Å². The van der Waals surface area contributed by atoms with Crippen molar-refractivity contribution >= 4 is 5.91 Å². The van der Waals surface area contributed by atoms with E-state index in [9.17, 15) is 4.79 Å². The number of piperazine rings is 1. The minimum atomic E-state index is 0.151. The van der Waals surface area contributed by atoms with Gasteiger partial charge in [-0.2, -0.15) is 0 Å². The summed E-state index contributed by atoms with van der Waals surface area (Å²) in [6.45, 7) is 13.7. The molecule has 2 rings (SSSR count). The lowest BCUT2D eigenvalue weighted by Crippen LogP contribution is -2.49. The first kappa shape index (κ1) is 19.7. The average Bonchev–Trinajstić information content (AvgIpc) is 2.54. The molecule has 0 saturated carbocycles. The van der Waals surface area contributed by atoms with Gasteiger partial charge in [0.05, 0.1) is 6.10 Å². The summed E-state index contributed by atoms with van der Waals surface area (Å²) in [5.74, 6) is 1.60. The van der Waals surface area contributed by atoms with E-state index in [-0.39, 0.29) is 5.41 Å². The predicted octanol–water partition coefficient (Wildman–Crippen LogP) is 3.41. The first-order valence-electron chi connectivity index (χ1n) is 9.89. The quantitative estimate of drug-likeness (QED) is 0.744. The van der Waals surface area contributed by atoms with Crippen molar-refractivity contribution in [1.82, 2.24) is 9.80 Å². The SMILES string of the molecule is CC(C)CC[C@@]1(CC(=O)N2CCN(C)CC2)CCO[C@@H](C(C)C)C1. The fourth-order valence-electron chi connectivity index (χ4n) is 4.00.